The molecule has 0 radical (unpaired) electrons. The predicted octanol–water partition coefficient (Wildman–Crippen LogP) is 17.8. The van der Waals surface area contributed by atoms with Gasteiger partial charge in [-0.15, -0.1) is 0 Å². The van der Waals surface area contributed by atoms with Crippen molar-refractivity contribution in [1.29, 1.82) is 0 Å². The summed E-state index contributed by atoms with van der Waals surface area (Å²) in [6.45, 7) is 7.46. The zero-order valence-electron chi connectivity index (χ0n) is 41.5. The molecule has 0 aliphatic heterocycles. The number of esters is 2. The van der Waals surface area contributed by atoms with Gasteiger partial charge >= 0.3 is 11.9 Å². The van der Waals surface area contributed by atoms with Crippen molar-refractivity contribution in [3.8, 4) is 0 Å². The molecule has 5 heteroatoms. The molecule has 0 bridgehead atoms. The van der Waals surface area contributed by atoms with Gasteiger partial charge in [0.25, 0.3) is 0 Å². The minimum Gasteiger partial charge on any atom is -0.462 e. The summed E-state index contributed by atoms with van der Waals surface area (Å²) in [7, 11) is 0. The molecule has 0 saturated heterocycles. The standard InChI is InChI=1S/C59H96O5/c1-4-7-10-13-16-19-22-25-27-29-30-31-32-35-37-40-43-46-49-52-58(60)63-56-57(64-59(61)53-50-47-44-41-38-34-24-21-18-15-12-9-6-3)55-62-54-51-48-45-42-39-36-33-28-26-23-20-17-14-11-8-5-2/h7,9-10,12,16,18-19,21,25-28,30-31,34-35,37-38,43,46,57H,4-6,8,11,13-15,17,20,22-24,29,32-33,36,39-42,44-45,47-56H2,1-3H3/b10-7-,12-9-,19-16-,21-18-,27-25-,28-26-,31-30-,37-35-,38-34-,46-43-. The van der Waals surface area contributed by atoms with Gasteiger partial charge in [-0.1, -0.05) is 206 Å². The number of carbonyl (C=O) groups is 2. The van der Waals surface area contributed by atoms with Crippen LogP contribution in [0, 0.1) is 0 Å². The summed E-state index contributed by atoms with van der Waals surface area (Å²) in [5.74, 6) is -0.538. The molecule has 0 rings (SSSR count). The fourth-order valence-electron chi connectivity index (χ4n) is 6.66. The first-order valence-electron chi connectivity index (χ1n) is 26.1. The minimum atomic E-state index is -0.593. The van der Waals surface area contributed by atoms with Gasteiger partial charge in [-0.25, -0.2) is 0 Å². The van der Waals surface area contributed by atoms with Crippen LogP contribution in [0.5, 0.6) is 0 Å². The summed E-state index contributed by atoms with van der Waals surface area (Å²) in [5, 5.41) is 0. The Balaban J connectivity index is 4.44. The molecule has 0 fully saturated rings. The molecular formula is C59H96O5. The topological polar surface area (TPSA) is 61.8 Å². The van der Waals surface area contributed by atoms with Gasteiger partial charge < -0.3 is 14.2 Å². The number of rotatable bonds is 46. The van der Waals surface area contributed by atoms with E-state index in [9.17, 15) is 9.59 Å². The molecule has 0 saturated carbocycles. The van der Waals surface area contributed by atoms with Crippen LogP contribution in [-0.4, -0.2) is 37.9 Å². The molecule has 0 aromatic rings. The number of hydrogen-bond acceptors (Lipinski definition) is 5. The molecule has 0 N–H and O–H groups in total. The lowest BCUT2D eigenvalue weighted by Crippen LogP contribution is -2.30. The Morgan fingerprint density at radius 3 is 1.20 bits per heavy atom. The van der Waals surface area contributed by atoms with Crippen molar-refractivity contribution >= 4 is 11.9 Å². The van der Waals surface area contributed by atoms with Crippen LogP contribution in [0.3, 0.4) is 0 Å². The van der Waals surface area contributed by atoms with Crippen LogP contribution >= 0.6 is 0 Å². The van der Waals surface area contributed by atoms with Crippen LogP contribution in [0.2, 0.25) is 0 Å². The normalized spacial score (nSPS) is 13.2. The average Bonchev–Trinajstić information content (AvgIpc) is 3.30. The Hall–Kier alpha value is -3.70. The SMILES string of the molecule is CC/C=C\C/C=C\C/C=C\C/C=C\C/C=C\C/C=C\CCC(=O)OCC(COCCCCCCCC/C=C\CCCCCCCC)OC(=O)CCCCC/C=C\C/C=C\C/C=C\CC. The highest BCUT2D eigenvalue weighted by molar-refractivity contribution is 5.70. The Kier molecular flexibility index (Phi) is 50.5. The molecule has 64 heavy (non-hydrogen) atoms. The van der Waals surface area contributed by atoms with Crippen LogP contribution in [0.15, 0.2) is 122 Å². The second kappa shape index (κ2) is 53.6. The molecule has 0 amide bonds. The largest absolute Gasteiger partial charge is 0.462 e. The van der Waals surface area contributed by atoms with Gasteiger partial charge in [0, 0.05) is 19.4 Å². The fraction of sp³-hybridized carbons (Fsp3) is 0.627. The van der Waals surface area contributed by atoms with Crippen molar-refractivity contribution in [3.63, 3.8) is 0 Å². The summed E-state index contributed by atoms with van der Waals surface area (Å²) >= 11 is 0. The first kappa shape index (κ1) is 60.3. The van der Waals surface area contributed by atoms with Gasteiger partial charge in [-0.05, 0) is 116 Å². The van der Waals surface area contributed by atoms with Gasteiger partial charge in [0.2, 0.25) is 0 Å². The van der Waals surface area contributed by atoms with Gasteiger partial charge in [0.1, 0.15) is 6.61 Å². The third-order valence-corrected chi connectivity index (χ3v) is 10.5. The molecule has 1 atom stereocenters. The molecule has 0 spiro atoms. The highest BCUT2D eigenvalue weighted by Gasteiger charge is 2.17. The summed E-state index contributed by atoms with van der Waals surface area (Å²) in [6, 6.07) is 0. The van der Waals surface area contributed by atoms with Gasteiger partial charge in [-0.2, -0.15) is 0 Å². The van der Waals surface area contributed by atoms with E-state index in [0.29, 0.717) is 25.9 Å². The van der Waals surface area contributed by atoms with Crippen LogP contribution in [-0.2, 0) is 23.8 Å². The molecule has 0 heterocycles. The van der Waals surface area contributed by atoms with Gasteiger partial charge in [0.15, 0.2) is 6.10 Å². The van der Waals surface area contributed by atoms with Crippen molar-refractivity contribution in [1.82, 2.24) is 0 Å². The van der Waals surface area contributed by atoms with Crippen molar-refractivity contribution in [2.45, 2.75) is 219 Å². The Morgan fingerprint density at radius 2 is 0.734 bits per heavy atom. The maximum atomic E-state index is 12.8. The maximum absolute atomic E-state index is 12.8. The number of unbranched alkanes of at least 4 members (excludes halogenated alkanes) is 15. The van der Waals surface area contributed by atoms with Crippen LogP contribution in [0.4, 0.5) is 0 Å². The van der Waals surface area contributed by atoms with E-state index in [1.165, 1.54) is 77.0 Å². The molecule has 0 aliphatic carbocycles. The monoisotopic (exact) mass is 885 g/mol. The van der Waals surface area contributed by atoms with E-state index in [1.54, 1.807) is 0 Å². The van der Waals surface area contributed by atoms with Crippen LogP contribution in [0.25, 0.3) is 0 Å². The molecule has 0 aliphatic rings. The summed E-state index contributed by atoms with van der Waals surface area (Å²) in [5.41, 5.74) is 0. The molecule has 0 aromatic carbocycles. The lowest BCUT2D eigenvalue weighted by Gasteiger charge is -2.18. The quantitative estimate of drug-likeness (QED) is 0.0346. The van der Waals surface area contributed by atoms with E-state index >= 15 is 0 Å². The molecule has 1 unspecified atom stereocenters. The Labute approximate surface area is 395 Å². The number of carbonyl (C=O) groups excluding carboxylic acids is 2. The molecule has 5 nitrogen and oxygen atoms in total. The summed E-state index contributed by atoms with van der Waals surface area (Å²) in [4.78, 5) is 25.4. The van der Waals surface area contributed by atoms with Crippen molar-refractivity contribution < 1.29 is 23.8 Å². The average molecular weight is 885 g/mol. The van der Waals surface area contributed by atoms with Crippen molar-refractivity contribution in [2.75, 3.05) is 19.8 Å². The van der Waals surface area contributed by atoms with E-state index in [1.807, 2.05) is 6.08 Å². The predicted molar refractivity (Wildman–Crippen MR) is 279 cm³/mol. The van der Waals surface area contributed by atoms with E-state index < -0.39 is 6.10 Å². The highest BCUT2D eigenvalue weighted by Crippen LogP contribution is 2.12. The summed E-state index contributed by atoms with van der Waals surface area (Å²) in [6.07, 6.45) is 75.1. The number of ether oxygens (including phenoxy) is 3. The van der Waals surface area contributed by atoms with Crippen LogP contribution in [0.1, 0.15) is 213 Å². The summed E-state index contributed by atoms with van der Waals surface area (Å²) < 4.78 is 17.3. The van der Waals surface area contributed by atoms with E-state index in [2.05, 4.69) is 136 Å². The van der Waals surface area contributed by atoms with E-state index in [0.717, 1.165) is 96.3 Å². The second-order valence-electron chi connectivity index (χ2n) is 16.7. The first-order valence-corrected chi connectivity index (χ1v) is 26.1. The lowest BCUT2D eigenvalue weighted by molar-refractivity contribution is -0.162. The fourth-order valence-corrected chi connectivity index (χ4v) is 6.66. The van der Waals surface area contributed by atoms with Crippen LogP contribution < -0.4 is 0 Å². The van der Waals surface area contributed by atoms with Gasteiger partial charge in [0.05, 0.1) is 6.61 Å². The first-order chi connectivity index (χ1) is 31.6. The second-order valence-corrected chi connectivity index (χ2v) is 16.7. The Morgan fingerprint density at radius 1 is 0.359 bits per heavy atom. The Bertz CT molecular complexity index is 1320. The third-order valence-electron chi connectivity index (χ3n) is 10.5. The molecular weight excluding hydrogens is 789 g/mol. The zero-order chi connectivity index (χ0) is 46.3. The number of allylic oxidation sites excluding steroid dienone is 20. The van der Waals surface area contributed by atoms with E-state index in [-0.39, 0.29) is 25.2 Å². The van der Waals surface area contributed by atoms with Crippen molar-refractivity contribution in [2.24, 2.45) is 0 Å². The maximum Gasteiger partial charge on any atom is 0.306 e. The highest BCUT2D eigenvalue weighted by atomic mass is 16.6. The third kappa shape index (κ3) is 50.9. The molecule has 362 valence electrons. The number of hydrogen-bond donors (Lipinski definition) is 0. The van der Waals surface area contributed by atoms with E-state index in [4.69, 9.17) is 14.2 Å². The lowest BCUT2D eigenvalue weighted by atomic mass is 10.1. The smallest absolute Gasteiger partial charge is 0.306 e. The van der Waals surface area contributed by atoms with Gasteiger partial charge in [-0.3, -0.25) is 9.59 Å². The molecule has 0 aromatic heterocycles. The van der Waals surface area contributed by atoms with Crippen molar-refractivity contribution in [3.05, 3.63) is 122 Å². The minimum absolute atomic E-state index is 0.0237. The zero-order valence-corrected chi connectivity index (χ0v) is 41.5.